The molecule has 2 aromatic carbocycles. The van der Waals surface area contributed by atoms with E-state index in [0.717, 1.165) is 22.6 Å². The predicted octanol–water partition coefficient (Wildman–Crippen LogP) is 3.52. The number of hydrogen-bond acceptors (Lipinski definition) is 4. The first-order chi connectivity index (χ1) is 13.9. The lowest BCUT2D eigenvalue weighted by Gasteiger charge is -2.10. The summed E-state index contributed by atoms with van der Waals surface area (Å²) < 4.78 is 7.07. The summed E-state index contributed by atoms with van der Waals surface area (Å²) in [4.78, 5) is 36.4. The first kappa shape index (κ1) is 20.1. The number of nitrogens with one attached hydrogen (secondary N) is 1. The Hall–Kier alpha value is -3.67. The van der Waals surface area contributed by atoms with Crippen LogP contribution < -0.4 is 5.32 Å². The van der Waals surface area contributed by atoms with Crippen LogP contribution in [0.1, 0.15) is 37.7 Å². The molecule has 0 aliphatic rings. The third-order valence-electron chi connectivity index (χ3n) is 4.57. The molecule has 1 N–H and O–H groups in total. The maximum absolute atomic E-state index is 12.5. The molecule has 3 aromatic rings. The number of aromatic nitrogens is 1. The lowest BCUT2D eigenvalue weighted by molar-refractivity contribution is -0.123. The fraction of sp³-hybridized carbons (Fsp3) is 0.174. The second-order valence-electron chi connectivity index (χ2n) is 6.78. The molecule has 148 valence electrons. The van der Waals surface area contributed by atoms with Crippen molar-refractivity contribution in [2.75, 3.05) is 6.61 Å². The molecule has 3 rings (SSSR count). The molecule has 29 heavy (non-hydrogen) atoms. The Bertz CT molecular complexity index is 1050. The van der Waals surface area contributed by atoms with Crippen molar-refractivity contribution < 1.29 is 19.1 Å². The molecule has 0 unspecified atom stereocenters. The van der Waals surface area contributed by atoms with Crippen LogP contribution in [0.3, 0.4) is 0 Å². The zero-order valence-corrected chi connectivity index (χ0v) is 16.6. The summed E-state index contributed by atoms with van der Waals surface area (Å²) in [6.45, 7) is 5.19. The van der Waals surface area contributed by atoms with Gasteiger partial charge < -0.3 is 9.30 Å². The second-order valence-corrected chi connectivity index (χ2v) is 6.78. The highest BCUT2D eigenvalue weighted by Gasteiger charge is 2.19. The van der Waals surface area contributed by atoms with Crippen LogP contribution in [0.2, 0.25) is 0 Å². The molecule has 0 saturated heterocycles. The standard InChI is InChI=1S/C23H22N2O4/c1-15-9-11-19(12-10-15)25-16(2)13-20(17(25)3)23(28)29-14-21(26)24-22(27)18-7-5-4-6-8-18/h4-13H,14H2,1-3H3,(H,24,26,27). The Morgan fingerprint density at radius 3 is 2.24 bits per heavy atom. The maximum Gasteiger partial charge on any atom is 0.340 e. The Labute approximate surface area is 169 Å². The third-order valence-corrected chi connectivity index (χ3v) is 4.57. The largest absolute Gasteiger partial charge is 0.452 e. The molecule has 1 aromatic heterocycles. The molecule has 0 radical (unpaired) electrons. The van der Waals surface area contributed by atoms with Crippen molar-refractivity contribution >= 4 is 17.8 Å². The van der Waals surface area contributed by atoms with Crippen LogP contribution in [0.25, 0.3) is 5.69 Å². The number of carbonyl (C=O) groups excluding carboxylic acids is 3. The van der Waals surface area contributed by atoms with Crippen LogP contribution in [0.4, 0.5) is 0 Å². The average molecular weight is 390 g/mol. The maximum atomic E-state index is 12.5. The molecule has 0 spiro atoms. The van der Waals surface area contributed by atoms with Crippen LogP contribution in [0.5, 0.6) is 0 Å². The Kier molecular flexibility index (Phi) is 5.93. The molecule has 0 saturated carbocycles. The van der Waals surface area contributed by atoms with Crippen molar-refractivity contribution in [3.05, 3.63) is 88.7 Å². The van der Waals surface area contributed by atoms with Crippen LogP contribution in [0.15, 0.2) is 60.7 Å². The average Bonchev–Trinajstić information content (AvgIpc) is 3.01. The van der Waals surface area contributed by atoms with Gasteiger partial charge in [-0.05, 0) is 51.1 Å². The number of carbonyl (C=O) groups is 3. The number of imide groups is 1. The van der Waals surface area contributed by atoms with Crippen LogP contribution in [-0.2, 0) is 9.53 Å². The van der Waals surface area contributed by atoms with Gasteiger partial charge in [0.15, 0.2) is 6.61 Å². The first-order valence-corrected chi connectivity index (χ1v) is 9.19. The number of hydrogen-bond donors (Lipinski definition) is 1. The van der Waals surface area contributed by atoms with E-state index < -0.39 is 24.4 Å². The van der Waals surface area contributed by atoms with Crippen LogP contribution in [-0.4, -0.2) is 29.0 Å². The molecule has 0 bridgehead atoms. The molecular weight excluding hydrogens is 368 g/mol. The number of ether oxygens (including phenoxy) is 1. The molecule has 1 heterocycles. The molecule has 6 nitrogen and oxygen atoms in total. The number of esters is 1. The number of benzene rings is 2. The summed E-state index contributed by atoms with van der Waals surface area (Å²) in [7, 11) is 0. The third kappa shape index (κ3) is 4.60. The lowest BCUT2D eigenvalue weighted by Crippen LogP contribution is -2.34. The normalized spacial score (nSPS) is 10.4. The summed E-state index contributed by atoms with van der Waals surface area (Å²) in [5, 5.41) is 2.21. The summed E-state index contributed by atoms with van der Waals surface area (Å²) >= 11 is 0. The van der Waals surface area contributed by atoms with E-state index in [0.29, 0.717) is 11.1 Å². The molecule has 2 amide bonds. The minimum Gasteiger partial charge on any atom is -0.452 e. The number of rotatable bonds is 5. The van der Waals surface area contributed by atoms with Crippen LogP contribution >= 0.6 is 0 Å². The van der Waals surface area contributed by atoms with E-state index in [1.54, 1.807) is 36.4 Å². The summed E-state index contributed by atoms with van der Waals surface area (Å²) in [5.74, 6) is -1.83. The smallest absolute Gasteiger partial charge is 0.340 e. The van der Waals surface area contributed by atoms with Gasteiger partial charge in [0.25, 0.3) is 11.8 Å². The minimum atomic E-state index is -0.681. The summed E-state index contributed by atoms with van der Waals surface area (Å²) in [5.41, 5.74) is 4.42. The van der Waals surface area contributed by atoms with E-state index in [-0.39, 0.29) is 0 Å². The highest BCUT2D eigenvalue weighted by molar-refractivity contribution is 6.05. The summed E-state index contributed by atoms with van der Waals surface area (Å²) in [6, 6.07) is 18.0. The van der Waals surface area contributed by atoms with Gasteiger partial charge in [0.1, 0.15) is 0 Å². The quantitative estimate of drug-likeness (QED) is 0.676. The van der Waals surface area contributed by atoms with Crippen LogP contribution in [0, 0.1) is 20.8 Å². The topological polar surface area (TPSA) is 77.4 Å². The number of aryl methyl sites for hydroxylation is 2. The zero-order chi connectivity index (χ0) is 21.0. The first-order valence-electron chi connectivity index (χ1n) is 9.19. The van der Waals surface area contributed by atoms with Gasteiger partial charge >= 0.3 is 5.97 Å². The molecular formula is C23H22N2O4. The zero-order valence-electron chi connectivity index (χ0n) is 16.6. The van der Waals surface area contributed by atoms with Crippen molar-refractivity contribution in [3.8, 4) is 5.69 Å². The summed E-state index contributed by atoms with van der Waals surface area (Å²) in [6.07, 6.45) is 0. The molecule has 0 aliphatic heterocycles. The van der Waals surface area contributed by atoms with Gasteiger partial charge in [-0.15, -0.1) is 0 Å². The van der Waals surface area contributed by atoms with E-state index >= 15 is 0 Å². The fourth-order valence-electron chi connectivity index (χ4n) is 3.09. The van der Waals surface area contributed by atoms with Gasteiger partial charge in [-0.25, -0.2) is 4.79 Å². The van der Waals surface area contributed by atoms with Gasteiger partial charge in [0, 0.05) is 22.6 Å². The molecule has 0 fully saturated rings. The van der Waals surface area contributed by atoms with Crippen molar-refractivity contribution in [3.63, 3.8) is 0 Å². The number of amides is 2. The van der Waals surface area contributed by atoms with E-state index in [2.05, 4.69) is 5.32 Å². The molecule has 0 aliphatic carbocycles. The Balaban J connectivity index is 1.65. The fourth-order valence-corrected chi connectivity index (χ4v) is 3.09. The molecule has 6 heteroatoms. The minimum absolute atomic E-state index is 0.355. The van der Waals surface area contributed by atoms with Gasteiger partial charge in [-0.1, -0.05) is 35.9 Å². The van der Waals surface area contributed by atoms with Gasteiger partial charge in [0.2, 0.25) is 0 Å². The van der Waals surface area contributed by atoms with Crippen molar-refractivity contribution in [2.24, 2.45) is 0 Å². The van der Waals surface area contributed by atoms with E-state index in [9.17, 15) is 14.4 Å². The second kappa shape index (κ2) is 8.56. The Morgan fingerprint density at radius 2 is 1.59 bits per heavy atom. The number of nitrogens with zero attached hydrogens (tertiary/aromatic N) is 1. The highest BCUT2D eigenvalue weighted by atomic mass is 16.5. The Morgan fingerprint density at radius 1 is 0.931 bits per heavy atom. The SMILES string of the molecule is Cc1ccc(-n2c(C)cc(C(=O)OCC(=O)NC(=O)c3ccccc3)c2C)cc1. The van der Waals surface area contributed by atoms with Gasteiger partial charge in [-0.3, -0.25) is 14.9 Å². The lowest BCUT2D eigenvalue weighted by atomic mass is 10.2. The van der Waals surface area contributed by atoms with Crippen molar-refractivity contribution in [2.45, 2.75) is 20.8 Å². The van der Waals surface area contributed by atoms with Gasteiger partial charge in [0.05, 0.1) is 5.56 Å². The van der Waals surface area contributed by atoms with Crippen molar-refractivity contribution in [1.82, 2.24) is 9.88 Å². The van der Waals surface area contributed by atoms with Crippen molar-refractivity contribution in [1.29, 1.82) is 0 Å². The van der Waals surface area contributed by atoms with E-state index in [1.165, 1.54) is 0 Å². The van der Waals surface area contributed by atoms with Gasteiger partial charge in [-0.2, -0.15) is 0 Å². The highest BCUT2D eigenvalue weighted by Crippen LogP contribution is 2.21. The monoisotopic (exact) mass is 390 g/mol. The molecule has 0 atom stereocenters. The predicted molar refractivity (Wildman–Crippen MR) is 109 cm³/mol. The van der Waals surface area contributed by atoms with E-state index in [1.807, 2.05) is 49.6 Å². The van der Waals surface area contributed by atoms with E-state index in [4.69, 9.17) is 4.74 Å².